The van der Waals surface area contributed by atoms with Gasteiger partial charge in [-0.25, -0.2) is 10.3 Å². The lowest BCUT2D eigenvalue weighted by Crippen LogP contribution is -2.60. The van der Waals surface area contributed by atoms with Gasteiger partial charge in [0, 0.05) is 62.3 Å². The Hall–Kier alpha value is -4.33. The Balaban J connectivity index is 1.20. The Labute approximate surface area is 389 Å². The fourth-order valence-corrected chi connectivity index (χ4v) is 11.0. The topological polar surface area (TPSA) is 216 Å². The van der Waals surface area contributed by atoms with Gasteiger partial charge < -0.3 is 28.8 Å². The SMILES string of the molecule is CC[C@H]1OC(=O)[C@H](C)C(=O)[C@H](C)[C@@H](O[C@@H]2O[C@H](C)C[C@H](N(C)Cc3cccc(-c4cn(CCCCCCC(=O)NO)nn4)c3)[C@H]2O)[C@@](C)(OC)C[C@@H](C)C2=NCCN3C(=O)O[C@@]1(C)[C@H]3[C@H]2C. The number of aromatic nitrogens is 3. The van der Waals surface area contributed by atoms with Gasteiger partial charge in [-0.3, -0.25) is 39.1 Å². The molecule has 0 aliphatic carbocycles. The van der Waals surface area contributed by atoms with E-state index in [1.807, 2.05) is 70.7 Å². The number of hydrogen-bond donors (Lipinski definition) is 3. The minimum atomic E-state index is -1.19. The van der Waals surface area contributed by atoms with Crippen molar-refractivity contribution in [2.75, 3.05) is 27.2 Å². The van der Waals surface area contributed by atoms with Crippen molar-refractivity contribution >= 4 is 29.5 Å². The number of aliphatic imine (C=N–C) groups is 1. The molecule has 3 saturated heterocycles. The number of carbonyl (C=O) groups is 4. The van der Waals surface area contributed by atoms with E-state index in [4.69, 9.17) is 33.9 Å². The lowest BCUT2D eigenvalue weighted by Gasteiger charge is -2.47. The van der Waals surface area contributed by atoms with Crippen LogP contribution in [-0.4, -0.2) is 146 Å². The van der Waals surface area contributed by atoms with E-state index in [2.05, 4.69) is 28.2 Å². The van der Waals surface area contributed by atoms with Crippen molar-refractivity contribution < 1.29 is 53.2 Å². The van der Waals surface area contributed by atoms with Crippen LogP contribution in [0.2, 0.25) is 0 Å². The first kappa shape index (κ1) is 51.1. The van der Waals surface area contributed by atoms with Crippen LogP contribution >= 0.6 is 0 Å². The molecule has 18 heteroatoms. The van der Waals surface area contributed by atoms with Crippen LogP contribution in [0.4, 0.5) is 4.79 Å². The van der Waals surface area contributed by atoms with Gasteiger partial charge in [0.15, 0.2) is 17.7 Å². The molecule has 1 aromatic heterocycles. The van der Waals surface area contributed by atoms with Crippen LogP contribution in [-0.2, 0) is 51.2 Å². The van der Waals surface area contributed by atoms with E-state index in [1.165, 1.54) is 6.92 Å². The molecule has 18 nitrogen and oxygen atoms in total. The summed E-state index contributed by atoms with van der Waals surface area (Å²) in [6, 6.07) is 7.19. The van der Waals surface area contributed by atoms with Gasteiger partial charge in [0.05, 0.1) is 36.6 Å². The third-order valence-electron chi connectivity index (χ3n) is 14.6. The van der Waals surface area contributed by atoms with Gasteiger partial charge in [0.25, 0.3) is 0 Å². The van der Waals surface area contributed by atoms with Crippen LogP contribution in [0.15, 0.2) is 35.5 Å². The molecule has 0 saturated carbocycles. The number of esters is 1. The fourth-order valence-electron chi connectivity index (χ4n) is 11.0. The van der Waals surface area contributed by atoms with Crippen molar-refractivity contribution in [1.82, 2.24) is 30.3 Å². The van der Waals surface area contributed by atoms with Crippen molar-refractivity contribution in [3.05, 3.63) is 36.0 Å². The average molecular weight is 924 g/mol. The smallest absolute Gasteiger partial charge is 0.410 e. The number of cyclic esters (lactones) is 1. The second-order valence-electron chi connectivity index (χ2n) is 19.5. The Bertz CT molecular complexity index is 2050. The quantitative estimate of drug-likeness (QED) is 0.0674. The number of unbranched alkanes of at least 4 members (excludes halogenated alkanes) is 3. The number of aliphatic hydroxyl groups excluding tert-OH is 1. The normalized spacial score (nSPS) is 34.3. The molecule has 5 heterocycles. The maximum atomic E-state index is 14.5. The van der Waals surface area contributed by atoms with Crippen molar-refractivity contribution in [3.8, 4) is 11.3 Å². The van der Waals surface area contributed by atoms with Crippen molar-refractivity contribution in [3.63, 3.8) is 0 Å². The number of aliphatic hydroxyl groups is 1. The van der Waals surface area contributed by atoms with Gasteiger partial charge in [0.2, 0.25) is 5.91 Å². The average Bonchev–Trinajstić information content (AvgIpc) is 3.81. The van der Waals surface area contributed by atoms with Crippen LogP contribution in [0, 0.1) is 23.7 Å². The van der Waals surface area contributed by atoms with E-state index < -0.39 is 77.6 Å². The number of nitrogens with zero attached hydrogens (tertiary/aromatic N) is 6. The zero-order valence-electron chi connectivity index (χ0n) is 40.5. The maximum Gasteiger partial charge on any atom is 0.410 e. The highest BCUT2D eigenvalue weighted by molar-refractivity contribution is 6.00. The van der Waals surface area contributed by atoms with Gasteiger partial charge in [-0.05, 0) is 84.4 Å². The maximum absolute atomic E-state index is 14.5. The lowest BCUT2D eigenvalue weighted by atomic mass is 9.73. The molecule has 0 radical (unpaired) electrons. The monoisotopic (exact) mass is 924 g/mol. The predicted molar refractivity (Wildman–Crippen MR) is 243 cm³/mol. The molecule has 1 aromatic carbocycles. The van der Waals surface area contributed by atoms with Crippen LogP contribution in [0.3, 0.4) is 0 Å². The molecular weight excluding hydrogens is 851 g/mol. The third-order valence-corrected chi connectivity index (χ3v) is 14.6. The number of nitrogens with one attached hydrogen (secondary N) is 1. The number of benzene rings is 1. The minimum Gasteiger partial charge on any atom is -0.458 e. The number of rotatable bonds is 15. The number of likely N-dealkylation sites (N-methyl/N-ethyl adjacent to an activating group) is 1. The summed E-state index contributed by atoms with van der Waals surface area (Å²) in [5.41, 5.74) is 2.85. The van der Waals surface area contributed by atoms with E-state index in [0.29, 0.717) is 58.3 Å². The summed E-state index contributed by atoms with van der Waals surface area (Å²) in [6.45, 7) is 16.8. The minimum absolute atomic E-state index is 0.207. The first-order chi connectivity index (χ1) is 31.3. The summed E-state index contributed by atoms with van der Waals surface area (Å²) in [7, 11) is 3.53. The highest BCUT2D eigenvalue weighted by atomic mass is 16.7. The number of Topliss-reactive ketones (excluding diaryl/α,β-unsaturated/α-hetero) is 1. The van der Waals surface area contributed by atoms with Gasteiger partial charge in [0.1, 0.15) is 23.8 Å². The van der Waals surface area contributed by atoms with Crippen LogP contribution in [0.5, 0.6) is 0 Å². The Morgan fingerprint density at radius 2 is 1.80 bits per heavy atom. The highest BCUT2D eigenvalue weighted by Crippen LogP contribution is 2.44. The molecule has 6 rings (SSSR count). The molecule has 0 spiro atoms. The number of hydrogen-bond acceptors (Lipinski definition) is 15. The van der Waals surface area contributed by atoms with Crippen LogP contribution in [0.1, 0.15) is 112 Å². The molecule has 2 amide bonds. The molecular formula is C48H73N7O11. The molecule has 2 bridgehead atoms. The fraction of sp³-hybridized carbons (Fsp3) is 0.729. The molecule has 2 aromatic rings. The Morgan fingerprint density at radius 3 is 2.52 bits per heavy atom. The van der Waals surface area contributed by atoms with E-state index in [1.54, 1.807) is 24.4 Å². The lowest BCUT2D eigenvalue weighted by molar-refractivity contribution is -0.296. The van der Waals surface area contributed by atoms with Crippen molar-refractivity contribution in [2.24, 2.45) is 28.7 Å². The zero-order valence-corrected chi connectivity index (χ0v) is 40.5. The number of amides is 2. The predicted octanol–water partition coefficient (Wildman–Crippen LogP) is 5.36. The third kappa shape index (κ3) is 11.0. The number of hydroxylamine groups is 1. The first-order valence-electron chi connectivity index (χ1n) is 23.8. The van der Waals surface area contributed by atoms with Crippen molar-refractivity contribution in [1.29, 1.82) is 0 Å². The van der Waals surface area contributed by atoms with Gasteiger partial charge in [-0.15, -0.1) is 5.10 Å². The van der Waals surface area contributed by atoms with Gasteiger partial charge in [-0.1, -0.05) is 63.9 Å². The number of methoxy groups -OCH3 is 1. The standard InChI is InChI=1S/C48H73N7O11/c1-11-37-48(8)42-30(4)39(49-20-22-55(42)46(60)66-48)28(2)25-47(7,62-10)43(31(5)40(57)32(6)44(59)64-37)65-45-41(58)36(23-29(3)63-45)53(9)26-33-17-16-18-34(24-33)35-27-54(52-50-35)21-15-13-12-14-19-38(56)51-61/h16-18,24,27-32,36-37,41-43,45,58,61H,11-15,19-23,25-26H2,1-10H3,(H,51,56)/t28-,29-,30+,31+,32-,36+,37-,41-,42-,43-,45+,47+,48-/m1/s1. The molecule has 66 heavy (non-hydrogen) atoms. The second kappa shape index (κ2) is 21.7. The summed E-state index contributed by atoms with van der Waals surface area (Å²) < 4.78 is 33.7. The summed E-state index contributed by atoms with van der Waals surface area (Å²) in [4.78, 5) is 62.0. The number of fused-ring (bicyclic) bond motifs is 1. The molecule has 3 N–H and O–H groups in total. The van der Waals surface area contributed by atoms with E-state index >= 15 is 0 Å². The van der Waals surface area contributed by atoms with E-state index in [9.17, 15) is 24.3 Å². The number of aryl methyl sites for hydroxylation is 1. The zero-order chi connectivity index (χ0) is 48.1. The molecule has 366 valence electrons. The molecule has 3 fully saturated rings. The highest BCUT2D eigenvalue weighted by Gasteiger charge is 2.60. The number of ether oxygens (including phenoxy) is 5. The second-order valence-corrected chi connectivity index (χ2v) is 19.5. The van der Waals surface area contributed by atoms with Crippen LogP contribution < -0.4 is 5.48 Å². The largest absolute Gasteiger partial charge is 0.458 e. The number of ketones is 1. The van der Waals surface area contributed by atoms with Gasteiger partial charge in [-0.2, -0.15) is 0 Å². The summed E-state index contributed by atoms with van der Waals surface area (Å²) in [6.07, 6.45) is 1.95. The van der Waals surface area contributed by atoms with Gasteiger partial charge >= 0.3 is 12.1 Å². The molecule has 13 atom stereocenters. The summed E-state index contributed by atoms with van der Waals surface area (Å²) >= 11 is 0. The Kier molecular flexibility index (Phi) is 16.8. The van der Waals surface area contributed by atoms with E-state index in [-0.39, 0.29) is 23.8 Å². The summed E-state index contributed by atoms with van der Waals surface area (Å²) in [5.74, 6) is -4.10. The van der Waals surface area contributed by atoms with Crippen molar-refractivity contribution in [2.45, 2.75) is 174 Å². The number of carbonyl (C=O) groups excluding carboxylic acids is 4. The molecule has 4 aliphatic rings. The summed E-state index contributed by atoms with van der Waals surface area (Å²) in [5, 5.41) is 29.6. The first-order valence-corrected chi connectivity index (χ1v) is 23.8. The van der Waals surface area contributed by atoms with Crippen LogP contribution in [0.25, 0.3) is 11.3 Å². The molecule has 0 unspecified atom stereocenters. The van der Waals surface area contributed by atoms with E-state index in [0.717, 1.165) is 41.8 Å². The Morgan fingerprint density at radius 1 is 1.06 bits per heavy atom. The molecule has 4 aliphatic heterocycles.